The Morgan fingerprint density at radius 3 is 2.60 bits per heavy atom. The van der Waals surface area contributed by atoms with Crippen molar-refractivity contribution >= 4 is 16.7 Å². The van der Waals surface area contributed by atoms with Gasteiger partial charge in [-0.3, -0.25) is 4.79 Å². The molecular weight excluding hydrogens is 253 g/mol. The van der Waals surface area contributed by atoms with Crippen molar-refractivity contribution in [3.05, 3.63) is 70.7 Å². The van der Waals surface area contributed by atoms with Gasteiger partial charge in [0, 0.05) is 28.2 Å². The summed E-state index contributed by atoms with van der Waals surface area (Å²) >= 11 is 0. The standard InChI is InChI=1S/C17H14FNO/c1-10-3-4-12(7-11(10)2)17(20)15-9-19-16-8-13(18)5-6-14(15)16/h3-9,19H,1-2H3. The number of fused-ring (bicyclic) bond motifs is 1. The second-order valence-electron chi connectivity index (χ2n) is 5.02. The third kappa shape index (κ3) is 2.01. The van der Waals surface area contributed by atoms with Gasteiger partial charge in [0.25, 0.3) is 0 Å². The van der Waals surface area contributed by atoms with Crippen molar-refractivity contribution in [2.75, 3.05) is 0 Å². The number of carbonyl (C=O) groups is 1. The Balaban J connectivity index is 2.10. The molecule has 0 saturated carbocycles. The van der Waals surface area contributed by atoms with Gasteiger partial charge in [0.05, 0.1) is 0 Å². The number of aryl methyl sites for hydroxylation is 2. The van der Waals surface area contributed by atoms with E-state index in [1.165, 1.54) is 12.1 Å². The molecule has 0 amide bonds. The number of halogens is 1. The Labute approximate surface area is 116 Å². The van der Waals surface area contributed by atoms with Crippen LogP contribution in [0.2, 0.25) is 0 Å². The van der Waals surface area contributed by atoms with Gasteiger partial charge in [-0.05, 0) is 49.2 Å². The average molecular weight is 267 g/mol. The third-order valence-electron chi connectivity index (χ3n) is 3.66. The zero-order valence-corrected chi connectivity index (χ0v) is 11.3. The van der Waals surface area contributed by atoms with E-state index < -0.39 is 0 Å². The highest BCUT2D eigenvalue weighted by molar-refractivity contribution is 6.16. The molecule has 0 aliphatic heterocycles. The summed E-state index contributed by atoms with van der Waals surface area (Å²) in [5.74, 6) is -0.365. The fourth-order valence-electron chi connectivity index (χ4n) is 2.32. The van der Waals surface area contributed by atoms with E-state index in [4.69, 9.17) is 0 Å². The first kappa shape index (κ1) is 12.6. The van der Waals surface area contributed by atoms with Crippen LogP contribution in [-0.4, -0.2) is 10.8 Å². The van der Waals surface area contributed by atoms with E-state index in [-0.39, 0.29) is 11.6 Å². The number of aromatic nitrogens is 1. The minimum absolute atomic E-state index is 0.0500. The van der Waals surface area contributed by atoms with Crippen molar-refractivity contribution in [3.8, 4) is 0 Å². The quantitative estimate of drug-likeness (QED) is 0.695. The molecule has 0 aliphatic rings. The van der Waals surface area contributed by atoms with Gasteiger partial charge in [0.2, 0.25) is 0 Å². The maximum absolute atomic E-state index is 13.2. The van der Waals surface area contributed by atoms with Crippen LogP contribution in [0.4, 0.5) is 4.39 Å². The van der Waals surface area contributed by atoms with Gasteiger partial charge in [0.1, 0.15) is 5.82 Å². The topological polar surface area (TPSA) is 32.9 Å². The molecule has 20 heavy (non-hydrogen) atoms. The van der Waals surface area contributed by atoms with Crippen molar-refractivity contribution < 1.29 is 9.18 Å². The molecule has 0 atom stereocenters. The molecule has 2 aromatic carbocycles. The largest absolute Gasteiger partial charge is 0.360 e. The predicted molar refractivity (Wildman–Crippen MR) is 77.6 cm³/mol. The minimum Gasteiger partial charge on any atom is -0.360 e. The second kappa shape index (κ2) is 4.60. The van der Waals surface area contributed by atoms with Crippen LogP contribution in [0, 0.1) is 19.7 Å². The van der Waals surface area contributed by atoms with Crippen molar-refractivity contribution in [2.45, 2.75) is 13.8 Å². The van der Waals surface area contributed by atoms with Crippen molar-refractivity contribution in [2.24, 2.45) is 0 Å². The first-order chi connectivity index (χ1) is 9.56. The number of nitrogens with one attached hydrogen (secondary N) is 1. The number of rotatable bonds is 2. The first-order valence-electron chi connectivity index (χ1n) is 6.45. The maximum Gasteiger partial charge on any atom is 0.195 e. The van der Waals surface area contributed by atoms with Gasteiger partial charge in [-0.15, -0.1) is 0 Å². The molecule has 100 valence electrons. The number of carbonyl (C=O) groups excluding carboxylic acids is 1. The Kier molecular flexibility index (Phi) is 2.90. The minimum atomic E-state index is -0.315. The molecule has 2 nitrogen and oxygen atoms in total. The first-order valence-corrected chi connectivity index (χ1v) is 6.45. The van der Waals surface area contributed by atoms with Crippen LogP contribution in [0.15, 0.2) is 42.6 Å². The van der Waals surface area contributed by atoms with Gasteiger partial charge in [-0.1, -0.05) is 12.1 Å². The molecular formula is C17H14FNO. The lowest BCUT2D eigenvalue weighted by molar-refractivity contribution is 0.104. The number of hydrogen-bond acceptors (Lipinski definition) is 1. The Morgan fingerprint density at radius 1 is 1.05 bits per heavy atom. The number of hydrogen-bond donors (Lipinski definition) is 1. The van der Waals surface area contributed by atoms with Crippen molar-refractivity contribution in [1.82, 2.24) is 4.98 Å². The van der Waals surface area contributed by atoms with Crippen LogP contribution in [0.3, 0.4) is 0 Å². The van der Waals surface area contributed by atoms with E-state index in [1.807, 2.05) is 32.0 Å². The Bertz CT molecular complexity index is 817. The molecule has 0 radical (unpaired) electrons. The summed E-state index contributed by atoms with van der Waals surface area (Å²) in [7, 11) is 0. The fraction of sp³-hybridized carbons (Fsp3) is 0.118. The van der Waals surface area contributed by atoms with Crippen LogP contribution in [0.5, 0.6) is 0 Å². The van der Waals surface area contributed by atoms with E-state index in [0.29, 0.717) is 16.6 Å². The Hall–Kier alpha value is -2.42. The summed E-state index contributed by atoms with van der Waals surface area (Å²) in [5.41, 5.74) is 4.10. The predicted octanol–water partition coefficient (Wildman–Crippen LogP) is 4.15. The monoisotopic (exact) mass is 267 g/mol. The van der Waals surface area contributed by atoms with E-state index in [0.717, 1.165) is 16.5 Å². The molecule has 1 heterocycles. The number of benzene rings is 2. The van der Waals surface area contributed by atoms with Gasteiger partial charge in [0.15, 0.2) is 5.78 Å². The average Bonchev–Trinajstić information content (AvgIpc) is 2.84. The fourth-order valence-corrected chi connectivity index (χ4v) is 2.32. The summed E-state index contributed by atoms with van der Waals surface area (Å²) in [6, 6.07) is 10.1. The molecule has 0 fully saturated rings. The lowest BCUT2D eigenvalue weighted by Crippen LogP contribution is -2.01. The number of aromatic amines is 1. The molecule has 3 aromatic rings. The summed E-state index contributed by atoms with van der Waals surface area (Å²) in [6.45, 7) is 3.99. The smallest absolute Gasteiger partial charge is 0.195 e. The molecule has 3 rings (SSSR count). The summed E-state index contributed by atoms with van der Waals surface area (Å²) in [4.78, 5) is 15.5. The maximum atomic E-state index is 13.2. The highest BCUT2D eigenvalue weighted by Gasteiger charge is 2.14. The van der Waals surface area contributed by atoms with Crippen molar-refractivity contribution in [3.63, 3.8) is 0 Å². The van der Waals surface area contributed by atoms with E-state index in [1.54, 1.807) is 12.3 Å². The molecule has 0 bridgehead atoms. The lowest BCUT2D eigenvalue weighted by Gasteiger charge is -2.04. The summed E-state index contributed by atoms with van der Waals surface area (Å²) in [6.07, 6.45) is 1.64. The SMILES string of the molecule is Cc1ccc(C(=O)c2c[nH]c3cc(F)ccc23)cc1C. The van der Waals surface area contributed by atoms with Crippen molar-refractivity contribution in [1.29, 1.82) is 0 Å². The molecule has 1 N–H and O–H groups in total. The van der Waals surface area contributed by atoms with Gasteiger partial charge in [-0.25, -0.2) is 4.39 Å². The zero-order valence-electron chi connectivity index (χ0n) is 11.3. The van der Waals surface area contributed by atoms with E-state index >= 15 is 0 Å². The molecule has 0 aliphatic carbocycles. The van der Waals surface area contributed by atoms with E-state index in [9.17, 15) is 9.18 Å². The lowest BCUT2D eigenvalue weighted by atomic mass is 9.99. The molecule has 0 unspecified atom stereocenters. The zero-order chi connectivity index (χ0) is 14.3. The van der Waals surface area contributed by atoms with Crippen LogP contribution in [0.1, 0.15) is 27.0 Å². The molecule has 3 heteroatoms. The van der Waals surface area contributed by atoms with Crippen LogP contribution < -0.4 is 0 Å². The highest BCUT2D eigenvalue weighted by atomic mass is 19.1. The summed E-state index contributed by atoms with van der Waals surface area (Å²) < 4.78 is 13.2. The number of ketones is 1. The van der Waals surface area contributed by atoms with Crippen LogP contribution in [-0.2, 0) is 0 Å². The van der Waals surface area contributed by atoms with Gasteiger partial charge in [-0.2, -0.15) is 0 Å². The third-order valence-corrected chi connectivity index (χ3v) is 3.66. The normalized spacial score (nSPS) is 10.9. The Morgan fingerprint density at radius 2 is 1.85 bits per heavy atom. The number of H-pyrrole nitrogens is 1. The second-order valence-corrected chi connectivity index (χ2v) is 5.02. The molecule has 1 aromatic heterocycles. The van der Waals surface area contributed by atoms with E-state index in [2.05, 4.69) is 4.98 Å². The molecule has 0 saturated heterocycles. The highest BCUT2D eigenvalue weighted by Crippen LogP contribution is 2.22. The van der Waals surface area contributed by atoms with Crippen LogP contribution >= 0.6 is 0 Å². The van der Waals surface area contributed by atoms with Gasteiger partial charge >= 0.3 is 0 Å². The molecule has 0 spiro atoms. The van der Waals surface area contributed by atoms with Crippen LogP contribution in [0.25, 0.3) is 10.9 Å². The summed E-state index contributed by atoms with van der Waals surface area (Å²) in [5, 5.41) is 0.745. The van der Waals surface area contributed by atoms with Gasteiger partial charge < -0.3 is 4.98 Å².